The number of hydrogen-bond donors (Lipinski definition) is 1. The van der Waals surface area contributed by atoms with Crippen molar-refractivity contribution in [3.63, 3.8) is 0 Å². The molecule has 4 aromatic heterocycles. The van der Waals surface area contributed by atoms with Gasteiger partial charge in [-0.1, -0.05) is 29.8 Å². The lowest BCUT2D eigenvalue weighted by atomic mass is 10.1. The summed E-state index contributed by atoms with van der Waals surface area (Å²) in [6.07, 6.45) is 0.174. The predicted octanol–water partition coefficient (Wildman–Crippen LogP) is 4.74. The number of benzene rings is 1. The number of aryl methyl sites for hydroxylation is 1. The van der Waals surface area contributed by atoms with Crippen LogP contribution in [0.3, 0.4) is 0 Å². The van der Waals surface area contributed by atoms with E-state index < -0.39 is 17.9 Å². The SMILES string of the molecule is Cc1ccc(-c2oc(NC(=O)Cc3cnc(C(F)(F)F)nc3)c3c2nnc2cnccc23)cc1. The molecule has 0 bridgehead atoms. The second-order valence-corrected chi connectivity index (χ2v) is 7.58. The molecule has 1 amide bonds. The van der Waals surface area contributed by atoms with Crippen molar-refractivity contribution < 1.29 is 22.4 Å². The second-order valence-electron chi connectivity index (χ2n) is 7.58. The van der Waals surface area contributed by atoms with Crippen LogP contribution in [0.4, 0.5) is 19.1 Å². The maximum atomic E-state index is 12.7. The van der Waals surface area contributed by atoms with Crippen LogP contribution in [-0.4, -0.2) is 31.1 Å². The van der Waals surface area contributed by atoms with E-state index >= 15 is 0 Å². The number of amides is 1. The van der Waals surface area contributed by atoms with Crippen molar-refractivity contribution in [3.8, 4) is 11.3 Å². The molecule has 5 aromatic rings. The number of nitrogens with one attached hydrogen (secondary N) is 1. The molecule has 8 nitrogen and oxygen atoms in total. The zero-order valence-corrected chi connectivity index (χ0v) is 17.6. The third kappa shape index (κ3) is 4.03. The molecule has 0 unspecified atom stereocenters. The first-order valence-corrected chi connectivity index (χ1v) is 10.1. The zero-order valence-electron chi connectivity index (χ0n) is 17.6. The Morgan fingerprint density at radius 1 is 1.03 bits per heavy atom. The zero-order chi connectivity index (χ0) is 23.9. The van der Waals surface area contributed by atoms with Gasteiger partial charge in [0.25, 0.3) is 0 Å². The van der Waals surface area contributed by atoms with Crippen molar-refractivity contribution in [1.29, 1.82) is 0 Å². The highest BCUT2D eigenvalue weighted by Crippen LogP contribution is 2.39. The maximum absolute atomic E-state index is 12.7. The summed E-state index contributed by atoms with van der Waals surface area (Å²) >= 11 is 0. The van der Waals surface area contributed by atoms with Gasteiger partial charge in [-0.05, 0) is 18.6 Å². The average molecular weight is 464 g/mol. The number of nitrogens with zero attached hydrogens (tertiary/aromatic N) is 5. The highest BCUT2D eigenvalue weighted by atomic mass is 19.4. The van der Waals surface area contributed by atoms with Crippen molar-refractivity contribution in [2.75, 3.05) is 5.32 Å². The summed E-state index contributed by atoms with van der Waals surface area (Å²) in [6.45, 7) is 1.96. The van der Waals surface area contributed by atoms with Gasteiger partial charge in [0.15, 0.2) is 5.76 Å². The number of alkyl halides is 3. The number of pyridine rings is 1. The van der Waals surface area contributed by atoms with Gasteiger partial charge in [0.05, 0.1) is 18.0 Å². The molecular weight excluding hydrogens is 449 g/mol. The Hall–Kier alpha value is -4.41. The van der Waals surface area contributed by atoms with Gasteiger partial charge in [-0.2, -0.15) is 13.2 Å². The molecule has 0 spiro atoms. The quantitative estimate of drug-likeness (QED) is 0.410. The number of anilines is 1. The molecule has 0 aliphatic rings. The molecule has 4 heterocycles. The van der Waals surface area contributed by atoms with Gasteiger partial charge in [0, 0.05) is 29.5 Å². The second kappa shape index (κ2) is 8.18. The smallest absolute Gasteiger partial charge is 0.437 e. The van der Waals surface area contributed by atoms with E-state index in [0.717, 1.165) is 23.5 Å². The summed E-state index contributed by atoms with van der Waals surface area (Å²) in [5.41, 5.74) is 2.99. The van der Waals surface area contributed by atoms with Gasteiger partial charge in [0.2, 0.25) is 17.6 Å². The van der Waals surface area contributed by atoms with Crippen LogP contribution in [0.2, 0.25) is 0 Å². The van der Waals surface area contributed by atoms with Gasteiger partial charge >= 0.3 is 6.18 Å². The Bertz CT molecular complexity index is 1510. The first-order chi connectivity index (χ1) is 16.3. The molecule has 0 saturated heterocycles. The summed E-state index contributed by atoms with van der Waals surface area (Å²) in [7, 11) is 0. The van der Waals surface area contributed by atoms with Gasteiger partial charge in [-0.15, -0.1) is 10.2 Å². The van der Waals surface area contributed by atoms with Crippen LogP contribution < -0.4 is 5.32 Å². The Morgan fingerprint density at radius 3 is 2.47 bits per heavy atom. The Labute approximate surface area is 189 Å². The van der Waals surface area contributed by atoms with Crippen molar-refractivity contribution >= 4 is 33.6 Å². The third-order valence-corrected chi connectivity index (χ3v) is 5.10. The molecule has 1 N–H and O–H groups in total. The molecule has 0 aliphatic heterocycles. The number of carbonyl (C=O) groups is 1. The molecule has 0 atom stereocenters. The largest absolute Gasteiger partial charge is 0.451 e. The maximum Gasteiger partial charge on any atom is 0.451 e. The number of carbonyl (C=O) groups excluding carboxylic acids is 1. The number of fused-ring (bicyclic) bond motifs is 3. The van der Waals surface area contributed by atoms with Gasteiger partial charge in [0.1, 0.15) is 11.0 Å². The van der Waals surface area contributed by atoms with Crippen LogP contribution in [0.15, 0.2) is 59.5 Å². The van der Waals surface area contributed by atoms with Gasteiger partial charge < -0.3 is 4.42 Å². The van der Waals surface area contributed by atoms with Gasteiger partial charge in [-0.25, -0.2) is 9.97 Å². The van der Waals surface area contributed by atoms with E-state index in [1.165, 1.54) is 0 Å². The van der Waals surface area contributed by atoms with Crippen LogP contribution in [0, 0.1) is 6.92 Å². The summed E-state index contributed by atoms with van der Waals surface area (Å²) < 4.78 is 44.1. The number of aromatic nitrogens is 5. The first-order valence-electron chi connectivity index (χ1n) is 10.1. The molecule has 11 heteroatoms. The molecule has 5 rings (SSSR count). The highest BCUT2D eigenvalue weighted by molar-refractivity contribution is 6.15. The van der Waals surface area contributed by atoms with Gasteiger partial charge in [-0.3, -0.25) is 15.1 Å². The lowest BCUT2D eigenvalue weighted by Gasteiger charge is -2.06. The number of halogens is 3. The van der Waals surface area contributed by atoms with E-state index in [1.54, 1.807) is 18.5 Å². The Kier molecular flexibility index (Phi) is 5.16. The Morgan fingerprint density at radius 2 is 1.76 bits per heavy atom. The van der Waals surface area contributed by atoms with E-state index in [-0.39, 0.29) is 17.9 Å². The minimum absolute atomic E-state index is 0.148. The minimum Gasteiger partial charge on any atom is -0.437 e. The molecule has 34 heavy (non-hydrogen) atoms. The summed E-state index contributed by atoms with van der Waals surface area (Å²) in [6, 6.07) is 9.32. The summed E-state index contributed by atoms with van der Waals surface area (Å²) in [5.74, 6) is -1.22. The van der Waals surface area contributed by atoms with Crippen LogP contribution in [0.5, 0.6) is 0 Å². The van der Waals surface area contributed by atoms with E-state index in [9.17, 15) is 18.0 Å². The predicted molar refractivity (Wildman–Crippen MR) is 117 cm³/mol. The first kappa shape index (κ1) is 21.4. The van der Waals surface area contributed by atoms with Crippen molar-refractivity contribution in [2.45, 2.75) is 19.5 Å². The fourth-order valence-corrected chi connectivity index (χ4v) is 3.49. The molecule has 1 aromatic carbocycles. The molecule has 0 saturated carbocycles. The van der Waals surface area contributed by atoms with Crippen LogP contribution in [0.1, 0.15) is 17.0 Å². The van der Waals surface area contributed by atoms with E-state index in [1.807, 2.05) is 31.2 Å². The third-order valence-electron chi connectivity index (χ3n) is 5.10. The normalized spacial score (nSPS) is 11.8. The average Bonchev–Trinajstić information content (AvgIpc) is 3.18. The van der Waals surface area contributed by atoms with Crippen LogP contribution in [0.25, 0.3) is 33.1 Å². The number of furan rings is 1. The van der Waals surface area contributed by atoms with E-state index in [2.05, 4.69) is 30.5 Å². The number of hydrogen-bond acceptors (Lipinski definition) is 7. The van der Waals surface area contributed by atoms with Crippen LogP contribution >= 0.6 is 0 Å². The van der Waals surface area contributed by atoms with E-state index in [4.69, 9.17) is 4.42 Å². The topological polar surface area (TPSA) is 107 Å². The minimum atomic E-state index is -4.66. The molecule has 0 radical (unpaired) electrons. The summed E-state index contributed by atoms with van der Waals surface area (Å²) in [4.78, 5) is 23.4. The molecule has 0 aliphatic carbocycles. The standard InChI is InChI=1S/C23H15F3N6O2/c1-12-2-4-14(5-3-12)20-19-18(15-6-7-27-11-16(15)31-32-19)21(34-20)30-17(33)8-13-9-28-22(29-10-13)23(24,25)26/h2-7,9-11H,8H2,1H3,(H,30,33). The lowest BCUT2D eigenvalue weighted by Crippen LogP contribution is -2.16. The Balaban J connectivity index is 1.52. The highest BCUT2D eigenvalue weighted by Gasteiger charge is 2.34. The molecular formula is C23H15F3N6O2. The van der Waals surface area contributed by atoms with Crippen LogP contribution in [-0.2, 0) is 17.4 Å². The van der Waals surface area contributed by atoms with E-state index in [0.29, 0.717) is 27.6 Å². The fraction of sp³-hybridized carbons (Fsp3) is 0.130. The van der Waals surface area contributed by atoms with Crippen molar-refractivity contribution in [3.05, 3.63) is 72.1 Å². The molecule has 170 valence electrons. The lowest BCUT2D eigenvalue weighted by molar-refractivity contribution is -0.145. The molecule has 0 fully saturated rings. The van der Waals surface area contributed by atoms with Crippen molar-refractivity contribution in [1.82, 2.24) is 25.1 Å². The number of rotatable bonds is 4. The monoisotopic (exact) mass is 464 g/mol. The summed E-state index contributed by atoms with van der Waals surface area (Å²) in [5, 5.41) is 12.4. The fourth-order valence-electron chi connectivity index (χ4n) is 3.49. The van der Waals surface area contributed by atoms with Crippen molar-refractivity contribution in [2.24, 2.45) is 0 Å².